The molecule has 3 atom stereocenters. The quantitative estimate of drug-likeness (QED) is 0.379. The predicted molar refractivity (Wildman–Crippen MR) is 62.7 cm³/mol. The summed E-state index contributed by atoms with van der Waals surface area (Å²) in [6.45, 7) is -1.02. The van der Waals surface area contributed by atoms with Crippen molar-refractivity contribution in [2.75, 3.05) is 18.9 Å². The number of aliphatic hydroxyl groups is 4. The van der Waals surface area contributed by atoms with Crippen molar-refractivity contribution in [2.45, 2.75) is 24.7 Å². The highest BCUT2D eigenvalue weighted by Crippen LogP contribution is 2.13. The zero-order valence-corrected chi connectivity index (χ0v) is 9.68. The van der Waals surface area contributed by atoms with Crippen LogP contribution in [-0.2, 0) is 0 Å². The number of rotatable bonds is 6. The van der Waals surface area contributed by atoms with Gasteiger partial charge in [-0.25, -0.2) is 4.79 Å². The van der Waals surface area contributed by atoms with Gasteiger partial charge in [-0.3, -0.25) is 4.57 Å². The number of nitrogen functional groups attached to an aromatic ring is 1. The highest BCUT2D eigenvalue weighted by atomic mass is 16.4. The minimum Gasteiger partial charge on any atom is -0.394 e. The van der Waals surface area contributed by atoms with Crippen molar-refractivity contribution >= 4 is 5.82 Å². The van der Waals surface area contributed by atoms with E-state index in [0.717, 1.165) is 4.57 Å². The van der Waals surface area contributed by atoms with E-state index in [9.17, 15) is 20.1 Å². The fourth-order valence-electron chi connectivity index (χ4n) is 1.54. The molecule has 0 aliphatic rings. The van der Waals surface area contributed by atoms with Gasteiger partial charge in [0.1, 0.15) is 11.9 Å². The van der Waals surface area contributed by atoms with Crippen LogP contribution in [0.4, 0.5) is 5.82 Å². The van der Waals surface area contributed by atoms with Crippen LogP contribution in [-0.4, -0.2) is 55.4 Å². The molecule has 0 bridgehead atoms. The van der Waals surface area contributed by atoms with E-state index in [1.54, 1.807) is 0 Å². The number of nitrogens with zero attached hydrogens (tertiary/aromatic N) is 2. The molecule has 18 heavy (non-hydrogen) atoms. The Kier molecular flexibility index (Phi) is 5.23. The van der Waals surface area contributed by atoms with Gasteiger partial charge in [-0.1, -0.05) is 0 Å². The van der Waals surface area contributed by atoms with Gasteiger partial charge in [-0.15, -0.1) is 0 Å². The van der Waals surface area contributed by atoms with Crippen molar-refractivity contribution < 1.29 is 20.4 Å². The van der Waals surface area contributed by atoms with Gasteiger partial charge in [0.05, 0.1) is 25.4 Å². The summed E-state index contributed by atoms with van der Waals surface area (Å²) in [5.74, 6) is 0.0591. The molecule has 0 saturated carbocycles. The molecule has 0 aliphatic heterocycles. The monoisotopic (exact) mass is 259 g/mol. The van der Waals surface area contributed by atoms with Crippen molar-refractivity contribution in [1.29, 1.82) is 0 Å². The van der Waals surface area contributed by atoms with E-state index in [1.165, 1.54) is 12.3 Å². The minimum absolute atomic E-state index is 0.0591. The van der Waals surface area contributed by atoms with Crippen LogP contribution in [0.5, 0.6) is 0 Å². The van der Waals surface area contributed by atoms with Crippen LogP contribution in [0, 0.1) is 0 Å². The number of nitrogens with two attached hydrogens (primary N) is 1. The molecule has 1 rings (SSSR count). The highest BCUT2D eigenvalue weighted by molar-refractivity contribution is 5.23. The van der Waals surface area contributed by atoms with Crippen LogP contribution >= 0.6 is 0 Å². The van der Waals surface area contributed by atoms with E-state index in [0.29, 0.717) is 0 Å². The summed E-state index contributed by atoms with van der Waals surface area (Å²) < 4.78 is 1.11. The maximum absolute atomic E-state index is 11.5. The van der Waals surface area contributed by atoms with Gasteiger partial charge in [-0.2, -0.15) is 4.98 Å². The minimum atomic E-state index is -1.32. The molecule has 0 aliphatic carbocycles. The van der Waals surface area contributed by atoms with Crippen molar-refractivity contribution in [3.63, 3.8) is 0 Å². The molecular formula is C10H17N3O5. The fourth-order valence-corrected chi connectivity index (χ4v) is 1.54. The molecule has 102 valence electrons. The SMILES string of the molecule is Nc1ccn([C@@H](CO)C[C@H](O)[C@H](O)CO)c(=O)n1. The Hall–Kier alpha value is -1.48. The lowest BCUT2D eigenvalue weighted by Crippen LogP contribution is -2.36. The lowest BCUT2D eigenvalue weighted by atomic mass is 10.1. The van der Waals surface area contributed by atoms with E-state index < -0.39 is 37.2 Å². The normalized spacial score (nSPS) is 16.2. The first-order valence-corrected chi connectivity index (χ1v) is 5.42. The molecule has 0 amide bonds. The Balaban J connectivity index is 2.86. The first-order valence-electron chi connectivity index (χ1n) is 5.42. The Bertz CT molecular complexity index is 436. The van der Waals surface area contributed by atoms with Crippen molar-refractivity contribution in [3.8, 4) is 0 Å². The smallest absolute Gasteiger partial charge is 0.349 e. The summed E-state index contributed by atoms with van der Waals surface area (Å²) in [4.78, 5) is 15.0. The van der Waals surface area contributed by atoms with Crippen LogP contribution < -0.4 is 11.4 Å². The first kappa shape index (κ1) is 14.6. The van der Waals surface area contributed by atoms with Gasteiger partial charge >= 0.3 is 5.69 Å². The lowest BCUT2D eigenvalue weighted by molar-refractivity contribution is -0.0274. The average Bonchev–Trinajstić information content (AvgIpc) is 2.35. The zero-order valence-electron chi connectivity index (χ0n) is 9.68. The van der Waals surface area contributed by atoms with Crippen LogP contribution in [0.2, 0.25) is 0 Å². The number of anilines is 1. The maximum Gasteiger partial charge on any atom is 0.349 e. The van der Waals surface area contributed by atoms with E-state index in [-0.39, 0.29) is 12.2 Å². The molecule has 0 aromatic carbocycles. The van der Waals surface area contributed by atoms with Gasteiger partial charge < -0.3 is 26.2 Å². The molecule has 1 aromatic rings. The van der Waals surface area contributed by atoms with Gasteiger partial charge in [0, 0.05) is 6.20 Å². The number of hydrogen-bond acceptors (Lipinski definition) is 7. The highest BCUT2D eigenvalue weighted by Gasteiger charge is 2.22. The van der Waals surface area contributed by atoms with Gasteiger partial charge in [0.25, 0.3) is 0 Å². The van der Waals surface area contributed by atoms with Crippen LogP contribution in [0.25, 0.3) is 0 Å². The second-order valence-corrected chi connectivity index (χ2v) is 3.93. The third-order valence-electron chi connectivity index (χ3n) is 2.60. The topological polar surface area (TPSA) is 142 Å². The molecule has 6 N–H and O–H groups in total. The van der Waals surface area contributed by atoms with Gasteiger partial charge in [-0.05, 0) is 12.5 Å². The van der Waals surface area contributed by atoms with E-state index in [2.05, 4.69) is 4.98 Å². The summed E-state index contributed by atoms with van der Waals surface area (Å²) in [6.07, 6.45) is -1.32. The van der Waals surface area contributed by atoms with Crippen molar-refractivity contribution in [1.82, 2.24) is 9.55 Å². The molecule has 0 unspecified atom stereocenters. The summed E-state index contributed by atoms with van der Waals surface area (Å²) in [5.41, 5.74) is 4.68. The largest absolute Gasteiger partial charge is 0.394 e. The number of hydrogen-bond donors (Lipinski definition) is 5. The second-order valence-electron chi connectivity index (χ2n) is 3.93. The summed E-state index contributed by atoms with van der Waals surface area (Å²) in [6, 6.07) is 0.639. The average molecular weight is 259 g/mol. The van der Waals surface area contributed by atoms with Gasteiger partial charge in [0.2, 0.25) is 0 Å². The molecule has 1 heterocycles. The fraction of sp³-hybridized carbons (Fsp3) is 0.600. The van der Waals surface area contributed by atoms with E-state index in [4.69, 9.17) is 10.8 Å². The molecule has 0 saturated heterocycles. The Labute approximate surface area is 103 Å². The molecule has 0 fully saturated rings. The van der Waals surface area contributed by atoms with Crippen LogP contribution in [0.15, 0.2) is 17.1 Å². The summed E-state index contributed by atoms with van der Waals surface area (Å²) in [5, 5.41) is 36.7. The molecule has 8 heteroatoms. The van der Waals surface area contributed by atoms with E-state index in [1.807, 2.05) is 0 Å². The lowest BCUT2D eigenvalue weighted by Gasteiger charge is -2.22. The second kappa shape index (κ2) is 6.45. The van der Waals surface area contributed by atoms with Crippen LogP contribution in [0.3, 0.4) is 0 Å². The van der Waals surface area contributed by atoms with Crippen molar-refractivity contribution in [2.24, 2.45) is 0 Å². The number of aliphatic hydroxyl groups excluding tert-OH is 4. The first-order chi connectivity index (χ1) is 8.49. The predicted octanol–water partition coefficient (Wildman–Crippen LogP) is -2.54. The Morgan fingerprint density at radius 3 is 2.44 bits per heavy atom. The molecule has 8 nitrogen and oxygen atoms in total. The number of aromatic nitrogens is 2. The molecule has 0 radical (unpaired) electrons. The third kappa shape index (κ3) is 3.50. The summed E-state index contributed by atoms with van der Waals surface area (Å²) in [7, 11) is 0. The molecular weight excluding hydrogens is 242 g/mol. The third-order valence-corrected chi connectivity index (χ3v) is 2.60. The van der Waals surface area contributed by atoms with E-state index >= 15 is 0 Å². The Morgan fingerprint density at radius 2 is 1.94 bits per heavy atom. The molecule has 1 aromatic heterocycles. The van der Waals surface area contributed by atoms with Crippen LogP contribution in [0.1, 0.15) is 12.5 Å². The Morgan fingerprint density at radius 1 is 1.28 bits per heavy atom. The maximum atomic E-state index is 11.5. The molecule has 0 spiro atoms. The van der Waals surface area contributed by atoms with Crippen molar-refractivity contribution in [3.05, 3.63) is 22.7 Å². The zero-order chi connectivity index (χ0) is 13.7. The standard InChI is InChI=1S/C10H17N3O5/c11-9-1-2-13(10(18)12-9)6(4-14)3-7(16)8(17)5-15/h1-2,6-8,14-17H,3-5H2,(H2,11,12,18)/t6-,7+,8-/m1/s1. The summed E-state index contributed by atoms with van der Waals surface area (Å²) >= 11 is 0. The van der Waals surface area contributed by atoms with Gasteiger partial charge in [0.15, 0.2) is 0 Å².